The highest BCUT2D eigenvalue weighted by molar-refractivity contribution is 6.49. The number of Topliss-reactive ketones (excluding diaryl/α,β-unsaturated/α-hetero) is 2. The SMILES string of the molecule is O=C(C(=O)c1cc([N+](=O)[O-])cc([N+](=O)[O-])c1)c1ccccc1. The van der Waals surface area contributed by atoms with Crippen molar-refractivity contribution in [1.82, 2.24) is 0 Å². The van der Waals surface area contributed by atoms with Crippen LogP contribution in [0.1, 0.15) is 20.7 Å². The quantitative estimate of drug-likeness (QED) is 0.362. The summed E-state index contributed by atoms with van der Waals surface area (Å²) in [7, 11) is 0. The zero-order chi connectivity index (χ0) is 16.3. The Morgan fingerprint density at radius 3 is 1.64 bits per heavy atom. The van der Waals surface area contributed by atoms with Crippen LogP contribution in [0.4, 0.5) is 11.4 Å². The molecule has 0 aliphatic rings. The molecule has 0 aromatic heterocycles. The molecule has 0 N–H and O–H groups in total. The number of carbonyl (C=O) groups excluding carboxylic acids is 2. The molecule has 0 amide bonds. The summed E-state index contributed by atoms with van der Waals surface area (Å²) in [6.45, 7) is 0. The molecule has 0 fully saturated rings. The first-order valence-electron chi connectivity index (χ1n) is 5.98. The van der Waals surface area contributed by atoms with Crippen molar-refractivity contribution in [2.45, 2.75) is 0 Å². The smallest absolute Gasteiger partial charge is 0.277 e. The molecule has 22 heavy (non-hydrogen) atoms. The summed E-state index contributed by atoms with van der Waals surface area (Å²) in [6, 6.07) is 9.99. The van der Waals surface area contributed by atoms with E-state index in [1.54, 1.807) is 18.2 Å². The van der Waals surface area contributed by atoms with Crippen LogP contribution in [-0.4, -0.2) is 21.4 Å². The molecule has 2 aromatic rings. The summed E-state index contributed by atoms with van der Waals surface area (Å²) in [6.07, 6.45) is 0. The Morgan fingerprint density at radius 2 is 1.18 bits per heavy atom. The normalized spacial score (nSPS) is 10.0. The summed E-state index contributed by atoms with van der Waals surface area (Å²) in [4.78, 5) is 43.9. The molecule has 2 aromatic carbocycles. The Labute approximate surface area is 123 Å². The van der Waals surface area contributed by atoms with Gasteiger partial charge in [0.05, 0.1) is 15.9 Å². The molecular weight excluding hydrogens is 292 g/mol. The van der Waals surface area contributed by atoms with E-state index in [2.05, 4.69) is 0 Å². The minimum Gasteiger partial charge on any atom is -0.285 e. The van der Waals surface area contributed by atoms with Crippen molar-refractivity contribution in [1.29, 1.82) is 0 Å². The average Bonchev–Trinajstić information content (AvgIpc) is 2.53. The molecule has 0 unspecified atom stereocenters. The number of nitro groups is 2. The van der Waals surface area contributed by atoms with Gasteiger partial charge >= 0.3 is 0 Å². The monoisotopic (exact) mass is 300 g/mol. The fourth-order valence-corrected chi connectivity index (χ4v) is 1.79. The van der Waals surface area contributed by atoms with Crippen molar-refractivity contribution in [2.24, 2.45) is 0 Å². The van der Waals surface area contributed by atoms with Gasteiger partial charge in [0.1, 0.15) is 0 Å². The third-order valence-corrected chi connectivity index (χ3v) is 2.83. The molecular formula is C14H8N2O6. The Hall–Kier alpha value is -3.42. The molecule has 0 saturated heterocycles. The molecule has 0 aliphatic heterocycles. The molecule has 8 heteroatoms. The van der Waals surface area contributed by atoms with E-state index < -0.39 is 38.4 Å². The summed E-state index contributed by atoms with van der Waals surface area (Å²) in [5.41, 5.74) is -1.55. The molecule has 8 nitrogen and oxygen atoms in total. The first-order valence-corrected chi connectivity index (χ1v) is 5.98. The van der Waals surface area contributed by atoms with Crippen LogP contribution in [0, 0.1) is 20.2 Å². The third kappa shape index (κ3) is 3.01. The van der Waals surface area contributed by atoms with E-state index in [1.165, 1.54) is 12.1 Å². The maximum atomic E-state index is 12.1. The molecule has 0 radical (unpaired) electrons. The second-order valence-corrected chi connectivity index (χ2v) is 4.28. The standard InChI is InChI=1S/C14H8N2O6/c17-13(9-4-2-1-3-5-9)14(18)10-6-11(15(19)20)8-12(7-10)16(21)22/h1-8H. The van der Waals surface area contributed by atoms with Gasteiger partial charge in [-0.3, -0.25) is 29.8 Å². The number of nitrogens with zero attached hydrogens (tertiary/aromatic N) is 2. The summed E-state index contributed by atoms with van der Waals surface area (Å²) in [5, 5.41) is 21.6. The number of rotatable bonds is 5. The van der Waals surface area contributed by atoms with Gasteiger partial charge in [0, 0.05) is 23.3 Å². The molecule has 0 atom stereocenters. The van der Waals surface area contributed by atoms with E-state index in [0.717, 1.165) is 18.2 Å². The molecule has 0 heterocycles. The fraction of sp³-hybridized carbons (Fsp3) is 0. The first kappa shape index (κ1) is 15.0. The summed E-state index contributed by atoms with van der Waals surface area (Å²) >= 11 is 0. The first-order chi connectivity index (χ1) is 10.4. The van der Waals surface area contributed by atoms with E-state index >= 15 is 0 Å². The largest absolute Gasteiger partial charge is 0.285 e. The van der Waals surface area contributed by atoms with E-state index in [9.17, 15) is 29.8 Å². The van der Waals surface area contributed by atoms with Gasteiger partial charge < -0.3 is 0 Å². The Balaban J connectivity index is 2.47. The van der Waals surface area contributed by atoms with E-state index in [0.29, 0.717) is 0 Å². The minimum atomic E-state index is -1.04. The highest BCUT2D eigenvalue weighted by atomic mass is 16.6. The zero-order valence-corrected chi connectivity index (χ0v) is 11.0. The number of hydrogen-bond acceptors (Lipinski definition) is 6. The van der Waals surface area contributed by atoms with Gasteiger partial charge in [-0.2, -0.15) is 0 Å². The zero-order valence-electron chi connectivity index (χ0n) is 11.0. The van der Waals surface area contributed by atoms with Crippen molar-refractivity contribution in [3.05, 3.63) is 79.9 Å². The highest BCUT2D eigenvalue weighted by Gasteiger charge is 2.24. The number of ketones is 2. The van der Waals surface area contributed by atoms with Crippen molar-refractivity contribution in [3.8, 4) is 0 Å². The van der Waals surface area contributed by atoms with Crippen molar-refractivity contribution in [3.63, 3.8) is 0 Å². The van der Waals surface area contributed by atoms with Crippen LogP contribution < -0.4 is 0 Å². The lowest BCUT2D eigenvalue weighted by molar-refractivity contribution is -0.394. The lowest BCUT2D eigenvalue weighted by atomic mass is 10.0. The second kappa shape index (κ2) is 5.92. The highest BCUT2D eigenvalue weighted by Crippen LogP contribution is 2.23. The lowest BCUT2D eigenvalue weighted by Crippen LogP contribution is -2.15. The maximum Gasteiger partial charge on any atom is 0.277 e. The van der Waals surface area contributed by atoms with E-state index in [4.69, 9.17) is 0 Å². The van der Waals surface area contributed by atoms with E-state index in [1.807, 2.05) is 0 Å². The van der Waals surface area contributed by atoms with Crippen LogP contribution in [0.25, 0.3) is 0 Å². The van der Waals surface area contributed by atoms with Gasteiger partial charge in [-0.15, -0.1) is 0 Å². The number of benzene rings is 2. The van der Waals surface area contributed by atoms with Crippen molar-refractivity contribution < 1.29 is 19.4 Å². The average molecular weight is 300 g/mol. The third-order valence-electron chi connectivity index (χ3n) is 2.83. The molecule has 0 aliphatic carbocycles. The number of hydrogen-bond donors (Lipinski definition) is 0. The predicted octanol–water partition coefficient (Wildman–Crippen LogP) is 2.57. The van der Waals surface area contributed by atoms with Gasteiger partial charge in [-0.1, -0.05) is 30.3 Å². The predicted molar refractivity (Wildman–Crippen MR) is 74.9 cm³/mol. The Kier molecular flexibility index (Phi) is 4.03. The van der Waals surface area contributed by atoms with Gasteiger partial charge in [0.2, 0.25) is 11.6 Å². The van der Waals surface area contributed by atoms with E-state index in [-0.39, 0.29) is 5.56 Å². The van der Waals surface area contributed by atoms with Crippen LogP contribution in [0.2, 0.25) is 0 Å². The molecule has 0 saturated carbocycles. The molecule has 0 spiro atoms. The van der Waals surface area contributed by atoms with Crippen molar-refractivity contribution >= 4 is 22.9 Å². The number of non-ortho nitro benzene ring substituents is 2. The van der Waals surface area contributed by atoms with Crippen LogP contribution in [0.5, 0.6) is 0 Å². The number of nitro benzene ring substituents is 2. The molecule has 110 valence electrons. The Morgan fingerprint density at radius 1 is 0.727 bits per heavy atom. The summed E-state index contributed by atoms with van der Waals surface area (Å²) < 4.78 is 0. The van der Waals surface area contributed by atoms with Gasteiger partial charge in [0.15, 0.2) is 0 Å². The van der Waals surface area contributed by atoms with Crippen LogP contribution in [0.15, 0.2) is 48.5 Å². The van der Waals surface area contributed by atoms with Crippen LogP contribution in [0.3, 0.4) is 0 Å². The fourth-order valence-electron chi connectivity index (χ4n) is 1.79. The van der Waals surface area contributed by atoms with Gasteiger partial charge in [-0.05, 0) is 0 Å². The minimum absolute atomic E-state index is 0.0988. The van der Waals surface area contributed by atoms with Crippen LogP contribution >= 0.6 is 0 Å². The summed E-state index contributed by atoms with van der Waals surface area (Å²) in [5.74, 6) is -1.94. The topological polar surface area (TPSA) is 120 Å². The lowest BCUT2D eigenvalue weighted by Gasteiger charge is -2.01. The number of carbonyl (C=O) groups is 2. The second-order valence-electron chi connectivity index (χ2n) is 4.28. The molecule has 0 bridgehead atoms. The van der Waals surface area contributed by atoms with Crippen LogP contribution in [-0.2, 0) is 0 Å². The Bertz CT molecular complexity index is 753. The van der Waals surface area contributed by atoms with Crippen molar-refractivity contribution in [2.75, 3.05) is 0 Å². The van der Waals surface area contributed by atoms with Gasteiger partial charge in [-0.25, -0.2) is 0 Å². The maximum absolute atomic E-state index is 12.1. The molecule has 2 rings (SSSR count). The van der Waals surface area contributed by atoms with Gasteiger partial charge in [0.25, 0.3) is 11.4 Å².